The molecule has 0 aliphatic carbocycles. The Balaban J connectivity index is 2.25. The van der Waals surface area contributed by atoms with E-state index in [1.807, 2.05) is 6.92 Å². The van der Waals surface area contributed by atoms with E-state index in [4.69, 9.17) is 9.84 Å². The molecule has 7 nitrogen and oxygen atoms in total. The minimum Gasteiger partial charge on any atom is -0.481 e. The molecule has 0 radical (unpaired) electrons. The van der Waals surface area contributed by atoms with Crippen LogP contribution in [0.3, 0.4) is 0 Å². The summed E-state index contributed by atoms with van der Waals surface area (Å²) in [5.74, 6) is -1.31. The monoisotopic (exact) mass is 272 g/mol. The summed E-state index contributed by atoms with van der Waals surface area (Å²) in [6.45, 7) is 3.27. The molecule has 1 saturated heterocycles. The summed E-state index contributed by atoms with van der Waals surface area (Å²) < 4.78 is 5.24. The Morgan fingerprint density at radius 1 is 1.26 bits per heavy atom. The van der Waals surface area contributed by atoms with E-state index in [0.29, 0.717) is 19.1 Å². The maximum Gasteiger partial charge on any atom is 0.321 e. The van der Waals surface area contributed by atoms with Crippen molar-refractivity contribution < 1.29 is 24.2 Å². The van der Waals surface area contributed by atoms with Crippen molar-refractivity contribution in [2.45, 2.75) is 38.6 Å². The Kier molecular flexibility index (Phi) is 6.27. The van der Waals surface area contributed by atoms with Crippen molar-refractivity contribution in [2.75, 3.05) is 13.2 Å². The third-order valence-corrected chi connectivity index (χ3v) is 3.15. The van der Waals surface area contributed by atoms with E-state index in [0.717, 1.165) is 12.8 Å². The third kappa shape index (κ3) is 6.19. The van der Waals surface area contributed by atoms with Gasteiger partial charge in [0.2, 0.25) is 5.91 Å². The fourth-order valence-electron chi connectivity index (χ4n) is 1.99. The first-order valence-electron chi connectivity index (χ1n) is 6.39. The minimum absolute atomic E-state index is 0.0452. The lowest BCUT2D eigenvalue weighted by Crippen LogP contribution is -2.47. The van der Waals surface area contributed by atoms with Crippen molar-refractivity contribution in [1.29, 1.82) is 0 Å². The minimum atomic E-state index is -1.06. The van der Waals surface area contributed by atoms with E-state index in [-0.39, 0.29) is 18.9 Å². The zero-order chi connectivity index (χ0) is 14.3. The summed E-state index contributed by atoms with van der Waals surface area (Å²) in [5, 5.41) is 13.2. The third-order valence-electron chi connectivity index (χ3n) is 3.15. The van der Waals surface area contributed by atoms with Gasteiger partial charge in [0.1, 0.15) is 0 Å². The van der Waals surface area contributed by atoms with E-state index < -0.39 is 17.9 Å². The number of carboxylic acid groups (broad SMARTS) is 1. The highest BCUT2D eigenvalue weighted by atomic mass is 16.5. The molecule has 1 aliphatic rings. The summed E-state index contributed by atoms with van der Waals surface area (Å²) in [5.41, 5.74) is 0. The molecule has 0 saturated carbocycles. The zero-order valence-electron chi connectivity index (χ0n) is 11.0. The second-order valence-corrected chi connectivity index (χ2v) is 4.65. The van der Waals surface area contributed by atoms with Crippen LogP contribution in [0.25, 0.3) is 0 Å². The average molecular weight is 272 g/mol. The smallest absolute Gasteiger partial charge is 0.321 e. The molecule has 1 aliphatic heterocycles. The largest absolute Gasteiger partial charge is 0.481 e. The zero-order valence-corrected chi connectivity index (χ0v) is 11.0. The van der Waals surface area contributed by atoms with Gasteiger partial charge in [0.05, 0.1) is 6.42 Å². The van der Waals surface area contributed by atoms with Crippen LogP contribution in [0.2, 0.25) is 0 Å². The molecule has 1 unspecified atom stereocenters. The van der Waals surface area contributed by atoms with Crippen molar-refractivity contribution in [2.24, 2.45) is 5.92 Å². The summed E-state index contributed by atoms with van der Waals surface area (Å²) in [6.07, 6.45) is 1.28. The molecule has 1 fully saturated rings. The van der Waals surface area contributed by atoms with Gasteiger partial charge in [-0.15, -0.1) is 0 Å². The number of carbonyl (C=O) groups excluding carboxylic acids is 2. The number of rotatable bonds is 5. The molecule has 3 amide bonds. The Morgan fingerprint density at radius 2 is 1.89 bits per heavy atom. The molecule has 108 valence electrons. The molecule has 1 rings (SSSR count). The Bertz CT molecular complexity index is 339. The van der Waals surface area contributed by atoms with E-state index in [1.54, 1.807) is 0 Å². The van der Waals surface area contributed by atoms with Crippen LogP contribution in [-0.4, -0.2) is 42.3 Å². The second kappa shape index (κ2) is 7.73. The molecule has 3 N–H and O–H groups in total. The highest BCUT2D eigenvalue weighted by Crippen LogP contribution is 2.18. The number of carboxylic acids is 1. The van der Waals surface area contributed by atoms with Gasteiger partial charge in [-0.1, -0.05) is 0 Å². The SMILES string of the molecule is CC(NC(=O)NC(=O)CCC(=O)O)C1CCOCC1. The number of imide groups is 1. The van der Waals surface area contributed by atoms with Crippen molar-refractivity contribution in [3.05, 3.63) is 0 Å². The molecule has 0 spiro atoms. The van der Waals surface area contributed by atoms with Gasteiger partial charge in [-0.3, -0.25) is 14.9 Å². The van der Waals surface area contributed by atoms with Crippen LogP contribution in [0.15, 0.2) is 0 Å². The Hall–Kier alpha value is -1.63. The first-order valence-corrected chi connectivity index (χ1v) is 6.39. The topological polar surface area (TPSA) is 105 Å². The summed E-state index contributed by atoms with van der Waals surface area (Å²) in [6, 6.07) is -0.620. The molecule has 1 atom stereocenters. The van der Waals surface area contributed by atoms with Gasteiger partial charge >= 0.3 is 12.0 Å². The van der Waals surface area contributed by atoms with Gasteiger partial charge in [-0.05, 0) is 25.7 Å². The van der Waals surface area contributed by atoms with Crippen LogP contribution in [0.4, 0.5) is 4.79 Å². The van der Waals surface area contributed by atoms with Gasteiger partial charge in [0.15, 0.2) is 0 Å². The molecule has 0 aromatic carbocycles. The van der Waals surface area contributed by atoms with Crippen LogP contribution in [0.5, 0.6) is 0 Å². The van der Waals surface area contributed by atoms with Crippen molar-refractivity contribution in [1.82, 2.24) is 10.6 Å². The maximum atomic E-state index is 11.5. The number of urea groups is 1. The molecular formula is C12H20N2O5. The van der Waals surface area contributed by atoms with E-state index in [2.05, 4.69) is 10.6 Å². The molecular weight excluding hydrogens is 252 g/mol. The van der Waals surface area contributed by atoms with Crippen LogP contribution < -0.4 is 10.6 Å². The quantitative estimate of drug-likeness (QED) is 0.675. The summed E-state index contributed by atoms with van der Waals surface area (Å²) >= 11 is 0. The second-order valence-electron chi connectivity index (χ2n) is 4.65. The van der Waals surface area contributed by atoms with Crippen LogP contribution >= 0.6 is 0 Å². The van der Waals surface area contributed by atoms with Crippen molar-refractivity contribution >= 4 is 17.9 Å². The van der Waals surface area contributed by atoms with Gasteiger partial charge in [0, 0.05) is 25.7 Å². The van der Waals surface area contributed by atoms with Gasteiger partial charge < -0.3 is 15.2 Å². The predicted octanol–water partition coefficient (Wildman–Crippen LogP) is 0.492. The lowest BCUT2D eigenvalue weighted by molar-refractivity contribution is -0.138. The average Bonchev–Trinajstić information content (AvgIpc) is 2.37. The number of carbonyl (C=O) groups is 3. The fourth-order valence-corrected chi connectivity index (χ4v) is 1.99. The molecule has 0 aromatic rings. The highest BCUT2D eigenvalue weighted by Gasteiger charge is 2.22. The fraction of sp³-hybridized carbons (Fsp3) is 0.750. The number of hydrogen-bond acceptors (Lipinski definition) is 4. The van der Waals surface area contributed by atoms with Crippen LogP contribution in [0, 0.1) is 5.92 Å². The lowest BCUT2D eigenvalue weighted by atomic mass is 9.93. The van der Waals surface area contributed by atoms with Gasteiger partial charge in [-0.25, -0.2) is 4.79 Å². The van der Waals surface area contributed by atoms with Gasteiger partial charge in [-0.2, -0.15) is 0 Å². The molecule has 1 heterocycles. The van der Waals surface area contributed by atoms with E-state index >= 15 is 0 Å². The summed E-state index contributed by atoms with van der Waals surface area (Å²) in [4.78, 5) is 33.1. The molecule has 0 bridgehead atoms. The lowest BCUT2D eigenvalue weighted by Gasteiger charge is -2.28. The number of hydrogen-bond donors (Lipinski definition) is 3. The number of amides is 3. The molecule has 19 heavy (non-hydrogen) atoms. The standard InChI is InChI=1S/C12H20N2O5/c1-8(9-4-6-19-7-5-9)13-12(18)14-10(15)2-3-11(16)17/h8-9H,2-7H2,1H3,(H,16,17)(H2,13,14,15,18). The normalized spacial score (nSPS) is 17.5. The van der Waals surface area contributed by atoms with Crippen LogP contribution in [-0.2, 0) is 14.3 Å². The van der Waals surface area contributed by atoms with Crippen molar-refractivity contribution in [3.8, 4) is 0 Å². The van der Waals surface area contributed by atoms with E-state index in [1.165, 1.54) is 0 Å². The molecule has 0 aromatic heterocycles. The number of ether oxygens (including phenoxy) is 1. The van der Waals surface area contributed by atoms with Crippen LogP contribution in [0.1, 0.15) is 32.6 Å². The number of nitrogens with one attached hydrogen (secondary N) is 2. The Morgan fingerprint density at radius 3 is 2.47 bits per heavy atom. The van der Waals surface area contributed by atoms with Gasteiger partial charge in [0.25, 0.3) is 0 Å². The van der Waals surface area contributed by atoms with Crippen molar-refractivity contribution in [3.63, 3.8) is 0 Å². The number of aliphatic carboxylic acids is 1. The predicted molar refractivity (Wildman–Crippen MR) is 66.5 cm³/mol. The molecule has 7 heteroatoms. The van der Waals surface area contributed by atoms with E-state index in [9.17, 15) is 14.4 Å². The first kappa shape index (κ1) is 15.4. The Labute approximate surface area is 111 Å². The first-order chi connectivity index (χ1) is 8.99. The highest BCUT2D eigenvalue weighted by molar-refractivity contribution is 5.95. The summed E-state index contributed by atoms with van der Waals surface area (Å²) in [7, 11) is 0. The maximum absolute atomic E-state index is 11.5.